The van der Waals surface area contributed by atoms with Crippen LogP contribution in [0.5, 0.6) is 0 Å². The highest BCUT2D eigenvalue weighted by molar-refractivity contribution is 5.55. The third-order valence-corrected chi connectivity index (χ3v) is 3.42. The molecule has 0 aliphatic carbocycles. The van der Waals surface area contributed by atoms with Gasteiger partial charge in [0.1, 0.15) is 0 Å². The summed E-state index contributed by atoms with van der Waals surface area (Å²) in [6.07, 6.45) is 6.16. The number of hydrogen-bond acceptors (Lipinski definition) is 4. The Morgan fingerprint density at radius 3 is 2.68 bits per heavy atom. The van der Waals surface area contributed by atoms with Gasteiger partial charge in [0.25, 0.3) is 0 Å². The summed E-state index contributed by atoms with van der Waals surface area (Å²) < 4.78 is 2.22. The van der Waals surface area contributed by atoms with Crippen molar-refractivity contribution in [3.63, 3.8) is 0 Å². The highest BCUT2D eigenvalue weighted by Crippen LogP contribution is 2.25. The topological polar surface area (TPSA) is 62.6 Å². The highest BCUT2D eigenvalue weighted by Gasteiger charge is 2.22. The van der Waals surface area contributed by atoms with E-state index >= 15 is 0 Å². The predicted molar refractivity (Wildman–Crippen MR) is 73.9 cm³/mol. The molecular weight excluding hydrogens is 240 g/mol. The third-order valence-electron chi connectivity index (χ3n) is 3.42. The van der Waals surface area contributed by atoms with Gasteiger partial charge in [-0.2, -0.15) is 5.10 Å². The molecule has 2 aromatic rings. The first-order valence-corrected chi connectivity index (χ1v) is 6.93. The number of rotatable bonds is 4. The average Bonchev–Trinajstić information content (AvgIpc) is 3.09. The van der Waals surface area contributed by atoms with Gasteiger partial charge < -0.3 is 4.90 Å². The van der Waals surface area contributed by atoms with Crippen LogP contribution in [0.3, 0.4) is 0 Å². The lowest BCUT2D eigenvalue weighted by Gasteiger charge is -2.19. The minimum Gasteiger partial charge on any atom is -0.341 e. The Hall–Kier alpha value is -1.85. The number of anilines is 1. The van der Waals surface area contributed by atoms with Crippen LogP contribution in [0.2, 0.25) is 0 Å². The number of aromatic amines is 1. The van der Waals surface area contributed by atoms with Crippen LogP contribution in [-0.4, -0.2) is 38.1 Å². The van der Waals surface area contributed by atoms with Crippen LogP contribution in [0.15, 0.2) is 12.4 Å². The van der Waals surface area contributed by atoms with E-state index in [-0.39, 0.29) is 0 Å². The van der Waals surface area contributed by atoms with Crippen LogP contribution in [-0.2, 0) is 6.54 Å². The Kier molecular flexibility index (Phi) is 3.23. The Labute approximate surface area is 112 Å². The van der Waals surface area contributed by atoms with E-state index in [2.05, 4.69) is 43.7 Å². The lowest BCUT2D eigenvalue weighted by atomic mass is 10.2. The summed E-state index contributed by atoms with van der Waals surface area (Å²) in [6.45, 7) is 7.53. The van der Waals surface area contributed by atoms with Gasteiger partial charge in [-0.05, 0) is 18.8 Å². The molecule has 0 amide bonds. The second-order valence-electron chi connectivity index (χ2n) is 5.51. The first kappa shape index (κ1) is 12.2. The molecule has 0 radical (unpaired) electrons. The van der Waals surface area contributed by atoms with Gasteiger partial charge in [0.15, 0.2) is 5.82 Å². The van der Waals surface area contributed by atoms with E-state index in [0.717, 1.165) is 37.0 Å². The monoisotopic (exact) mass is 260 g/mol. The van der Waals surface area contributed by atoms with E-state index in [1.807, 2.05) is 6.20 Å². The van der Waals surface area contributed by atoms with E-state index in [1.54, 1.807) is 6.20 Å². The maximum Gasteiger partial charge on any atom is 0.227 e. The Morgan fingerprint density at radius 1 is 1.26 bits per heavy atom. The summed E-state index contributed by atoms with van der Waals surface area (Å²) in [6, 6.07) is 0. The van der Waals surface area contributed by atoms with Crippen LogP contribution >= 0.6 is 0 Å². The molecule has 0 spiro atoms. The normalized spacial score (nSPS) is 15.6. The SMILES string of the molecule is CC(C)Cn1c(-c2cn[nH]c2)nnc1N1CCCC1. The average molecular weight is 260 g/mol. The summed E-state index contributed by atoms with van der Waals surface area (Å²) >= 11 is 0. The van der Waals surface area contributed by atoms with E-state index in [9.17, 15) is 0 Å². The smallest absolute Gasteiger partial charge is 0.227 e. The van der Waals surface area contributed by atoms with Gasteiger partial charge >= 0.3 is 0 Å². The van der Waals surface area contributed by atoms with E-state index < -0.39 is 0 Å². The first-order chi connectivity index (χ1) is 9.25. The molecule has 0 atom stereocenters. The van der Waals surface area contributed by atoms with Crippen molar-refractivity contribution in [2.24, 2.45) is 5.92 Å². The van der Waals surface area contributed by atoms with E-state index in [1.165, 1.54) is 12.8 Å². The Balaban J connectivity index is 2.00. The lowest BCUT2D eigenvalue weighted by Crippen LogP contribution is -2.23. The molecule has 19 heavy (non-hydrogen) atoms. The van der Waals surface area contributed by atoms with Crippen LogP contribution < -0.4 is 4.90 Å². The molecule has 0 bridgehead atoms. The fourth-order valence-corrected chi connectivity index (χ4v) is 2.57. The minimum absolute atomic E-state index is 0.558. The highest BCUT2D eigenvalue weighted by atomic mass is 15.4. The Morgan fingerprint density at radius 2 is 2.05 bits per heavy atom. The van der Waals surface area contributed by atoms with Gasteiger partial charge in [0.05, 0.1) is 11.8 Å². The molecule has 0 saturated carbocycles. The molecule has 6 heteroatoms. The standard InChI is InChI=1S/C13H20N6/c1-10(2)9-19-12(11-7-14-15-8-11)16-17-13(19)18-5-3-4-6-18/h7-8,10H,3-6,9H2,1-2H3,(H,14,15). The van der Waals surface area contributed by atoms with Gasteiger partial charge in [0, 0.05) is 25.8 Å². The molecule has 102 valence electrons. The van der Waals surface area contributed by atoms with Crippen LogP contribution in [0.25, 0.3) is 11.4 Å². The largest absolute Gasteiger partial charge is 0.341 e. The van der Waals surface area contributed by atoms with Gasteiger partial charge in [-0.1, -0.05) is 13.8 Å². The molecule has 3 rings (SSSR count). The first-order valence-electron chi connectivity index (χ1n) is 6.93. The molecule has 1 N–H and O–H groups in total. The molecule has 0 aromatic carbocycles. The van der Waals surface area contributed by atoms with Gasteiger partial charge in [-0.15, -0.1) is 10.2 Å². The van der Waals surface area contributed by atoms with Crippen LogP contribution in [0.1, 0.15) is 26.7 Å². The van der Waals surface area contributed by atoms with Crippen molar-refractivity contribution in [2.45, 2.75) is 33.2 Å². The summed E-state index contributed by atoms with van der Waals surface area (Å²) in [5, 5.41) is 15.6. The molecule has 1 aliphatic heterocycles. The number of aromatic nitrogens is 5. The fraction of sp³-hybridized carbons (Fsp3) is 0.615. The number of H-pyrrole nitrogens is 1. The summed E-state index contributed by atoms with van der Waals surface area (Å²) in [5.41, 5.74) is 0.999. The second kappa shape index (κ2) is 5.03. The van der Waals surface area contributed by atoms with Gasteiger partial charge in [0.2, 0.25) is 5.95 Å². The van der Waals surface area contributed by atoms with Crippen molar-refractivity contribution in [3.05, 3.63) is 12.4 Å². The van der Waals surface area contributed by atoms with Crippen LogP contribution in [0, 0.1) is 5.92 Å². The van der Waals surface area contributed by atoms with Crippen LogP contribution in [0.4, 0.5) is 5.95 Å². The van der Waals surface area contributed by atoms with E-state index in [0.29, 0.717) is 5.92 Å². The van der Waals surface area contributed by atoms with Crippen molar-refractivity contribution in [1.29, 1.82) is 0 Å². The number of hydrogen-bond donors (Lipinski definition) is 1. The summed E-state index contributed by atoms with van der Waals surface area (Å²) in [5.74, 6) is 2.47. The molecular formula is C13H20N6. The molecule has 1 saturated heterocycles. The fourth-order valence-electron chi connectivity index (χ4n) is 2.57. The molecule has 6 nitrogen and oxygen atoms in total. The quantitative estimate of drug-likeness (QED) is 0.912. The van der Waals surface area contributed by atoms with Crippen molar-refractivity contribution in [3.8, 4) is 11.4 Å². The number of nitrogens with one attached hydrogen (secondary N) is 1. The van der Waals surface area contributed by atoms with Crippen molar-refractivity contribution >= 4 is 5.95 Å². The van der Waals surface area contributed by atoms with Gasteiger partial charge in [-0.3, -0.25) is 9.67 Å². The zero-order chi connectivity index (χ0) is 13.2. The van der Waals surface area contributed by atoms with E-state index in [4.69, 9.17) is 0 Å². The minimum atomic E-state index is 0.558. The second-order valence-corrected chi connectivity index (χ2v) is 5.51. The molecule has 3 heterocycles. The van der Waals surface area contributed by atoms with Gasteiger partial charge in [-0.25, -0.2) is 0 Å². The predicted octanol–water partition coefficient (Wildman–Crippen LogP) is 1.92. The molecule has 2 aromatic heterocycles. The van der Waals surface area contributed by atoms with Crippen molar-refractivity contribution in [2.75, 3.05) is 18.0 Å². The lowest BCUT2D eigenvalue weighted by molar-refractivity contribution is 0.523. The maximum atomic E-state index is 4.40. The molecule has 0 unspecified atom stereocenters. The van der Waals surface area contributed by atoms with Crippen molar-refractivity contribution < 1.29 is 0 Å². The zero-order valence-corrected chi connectivity index (χ0v) is 11.5. The summed E-state index contributed by atoms with van der Waals surface area (Å²) in [4.78, 5) is 2.33. The molecule has 1 aliphatic rings. The zero-order valence-electron chi connectivity index (χ0n) is 11.5. The molecule has 1 fully saturated rings. The third kappa shape index (κ3) is 2.34. The maximum absolute atomic E-state index is 4.40. The van der Waals surface area contributed by atoms with Crippen molar-refractivity contribution in [1.82, 2.24) is 25.0 Å². The Bertz CT molecular complexity index is 521. The summed E-state index contributed by atoms with van der Waals surface area (Å²) in [7, 11) is 0. The number of nitrogens with zero attached hydrogens (tertiary/aromatic N) is 5.